The molecule has 0 radical (unpaired) electrons. The number of aromatic hydroxyl groups is 1. The van der Waals surface area contributed by atoms with E-state index in [9.17, 15) is 9.90 Å². The zero-order valence-electron chi connectivity index (χ0n) is 9.77. The Hall–Kier alpha value is -2.00. The van der Waals surface area contributed by atoms with Crippen LogP contribution in [0.5, 0.6) is 5.75 Å². The summed E-state index contributed by atoms with van der Waals surface area (Å²) >= 11 is 5.83. The second kappa shape index (κ2) is 5.10. The molecule has 2 aromatic rings. The third kappa shape index (κ3) is 2.63. The summed E-state index contributed by atoms with van der Waals surface area (Å²) in [6, 6.07) is 12.0. The molecule has 0 aliphatic rings. The van der Waals surface area contributed by atoms with E-state index in [-0.39, 0.29) is 16.6 Å². The number of rotatable bonds is 3. The quantitative estimate of drug-likeness (QED) is 0.649. The Morgan fingerprint density at radius 3 is 2.61 bits per heavy atom. The number of Topliss-reactive ketones (excluding diaryl/α,β-unsaturated/α-hetero) is 1. The highest BCUT2D eigenvalue weighted by Gasteiger charge is 2.07. The molecule has 0 saturated heterocycles. The van der Waals surface area contributed by atoms with E-state index in [0.717, 1.165) is 0 Å². The number of nitrogens with one attached hydrogen (secondary N) is 1. The van der Waals surface area contributed by atoms with Crippen molar-refractivity contribution >= 4 is 28.8 Å². The van der Waals surface area contributed by atoms with Crippen LogP contribution in [0.15, 0.2) is 42.5 Å². The fraction of sp³-hybridized carbons (Fsp3) is 0.0714. The number of carbonyl (C=O) groups is 1. The molecule has 0 amide bonds. The Kier molecular flexibility index (Phi) is 3.53. The number of hydrogen-bond donors (Lipinski definition) is 2. The summed E-state index contributed by atoms with van der Waals surface area (Å²) in [5.74, 6) is 0.0186. The van der Waals surface area contributed by atoms with Crippen molar-refractivity contribution in [1.82, 2.24) is 0 Å². The summed E-state index contributed by atoms with van der Waals surface area (Å²) in [6.07, 6.45) is 0. The van der Waals surface area contributed by atoms with Gasteiger partial charge in [0.1, 0.15) is 5.75 Å². The fourth-order valence-electron chi connectivity index (χ4n) is 1.64. The summed E-state index contributed by atoms with van der Waals surface area (Å²) in [5.41, 5.74) is 2.04. The van der Waals surface area contributed by atoms with Gasteiger partial charge in [-0.2, -0.15) is 0 Å². The lowest BCUT2D eigenvalue weighted by Crippen LogP contribution is -1.99. The Balaban J connectivity index is 2.34. The third-order valence-corrected chi connectivity index (χ3v) is 2.84. The SMILES string of the molecule is CC(=O)c1ccccc1Nc1ccc(O)c(Cl)c1. The van der Waals surface area contributed by atoms with Gasteiger partial charge in [-0.05, 0) is 37.3 Å². The first-order chi connectivity index (χ1) is 8.58. The Labute approximate surface area is 110 Å². The Morgan fingerprint density at radius 2 is 1.94 bits per heavy atom. The lowest BCUT2D eigenvalue weighted by atomic mass is 10.1. The van der Waals surface area contributed by atoms with E-state index in [0.29, 0.717) is 16.9 Å². The smallest absolute Gasteiger partial charge is 0.161 e. The zero-order chi connectivity index (χ0) is 13.1. The van der Waals surface area contributed by atoms with E-state index in [4.69, 9.17) is 11.6 Å². The van der Waals surface area contributed by atoms with Gasteiger partial charge in [-0.15, -0.1) is 0 Å². The highest BCUT2D eigenvalue weighted by molar-refractivity contribution is 6.32. The molecule has 2 rings (SSSR count). The van der Waals surface area contributed by atoms with Crippen LogP contribution in [0.1, 0.15) is 17.3 Å². The molecule has 92 valence electrons. The lowest BCUT2D eigenvalue weighted by Gasteiger charge is -2.10. The van der Waals surface area contributed by atoms with Crippen molar-refractivity contribution in [3.05, 3.63) is 53.1 Å². The van der Waals surface area contributed by atoms with Crippen molar-refractivity contribution in [3.8, 4) is 5.75 Å². The van der Waals surface area contributed by atoms with Crippen LogP contribution in [0.2, 0.25) is 5.02 Å². The van der Waals surface area contributed by atoms with Crippen molar-refractivity contribution in [2.75, 3.05) is 5.32 Å². The molecular formula is C14H12ClNO2. The van der Waals surface area contributed by atoms with E-state index in [1.807, 2.05) is 18.2 Å². The number of hydrogen-bond acceptors (Lipinski definition) is 3. The highest BCUT2D eigenvalue weighted by Crippen LogP contribution is 2.28. The van der Waals surface area contributed by atoms with Crippen LogP contribution < -0.4 is 5.32 Å². The van der Waals surface area contributed by atoms with Gasteiger partial charge in [-0.1, -0.05) is 23.7 Å². The van der Waals surface area contributed by atoms with Crippen molar-refractivity contribution in [2.24, 2.45) is 0 Å². The van der Waals surface area contributed by atoms with Crippen LogP contribution in [0.25, 0.3) is 0 Å². The maximum absolute atomic E-state index is 11.5. The first-order valence-electron chi connectivity index (χ1n) is 5.43. The normalized spacial score (nSPS) is 10.1. The van der Waals surface area contributed by atoms with Crippen molar-refractivity contribution in [2.45, 2.75) is 6.92 Å². The van der Waals surface area contributed by atoms with Gasteiger partial charge in [0.25, 0.3) is 0 Å². The number of phenols is 1. The summed E-state index contributed by atoms with van der Waals surface area (Å²) in [7, 11) is 0. The number of phenolic OH excluding ortho intramolecular Hbond substituents is 1. The molecule has 2 N–H and O–H groups in total. The molecule has 2 aromatic carbocycles. The molecule has 0 bridgehead atoms. The maximum Gasteiger partial charge on any atom is 0.161 e. The van der Waals surface area contributed by atoms with E-state index < -0.39 is 0 Å². The largest absolute Gasteiger partial charge is 0.506 e. The molecule has 0 aliphatic heterocycles. The molecule has 4 heteroatoms. The number of carbonyl (C=O) groups excluding carboxylic acids is 1. The van der Waals surface area contributed by atoms with Crippen molar-refractivity contribution in [3.63, 3.8) is 0 Å². The minimum atomic E-state index is -0.0111. The summed E-state index contributed by atoms with van der Waals surface area (Å²) in [5, 5.41) is 12.7. The van der Waals surface area contributed by atoms with Crippen molar-refractivity contribution < 1.29 is 9.90 Å². The average molecular weight is 262 g/mol. The molecule has 0 aliphatic carbocycles. The predicted molar refractivity (Wildman–Crippen MR) is 72.8 cm³/mol. The Bertz CT molecular complexity index is 596. The van der Waals surface area contributed by atoms with Gasteiger partial charge in [-0.3, -0.25) is 4.79 Å². The molecule has 0 fully saturated rings. The highest BCUT2D eigenvalue weighted by atomic mass is 35.5. The minimum Gasteiger partial charge on any atom is -0.506 e. The molecule has 0 spiro atoms. The van der Waals surface area contributed by atoms with E-state index >= 15 is 0 Å². The van der Waals surface area contributed by atoms with Gasteiger partial charge >= 0.3 is 0 Å². The predicted octanol–water partition coefficient (Wildman–Crippen LogP) is 3.99. The monoisotopic (exact) mass is 261 g/mol. The maximum atomic E-state index is 11.5. The summed E-state index contributed by atoms with van der Waals surface area (Å²) in [4.78, 5) is 11.5. The fourth-order valence-corrected chi connectivity index (χ4v) is 1.82. The molecule has 0 heterocycles. The van der Waals surface area contributed by atoms with Crippen molar-refractivity contribution in [1.29, 1.82) is 0 Å². The van der Waals surface area contributed by atoms with Crippen LogP contribution in [0, 0.1) is 0 Å². The minimum absolute atomic E-state index is 0.0111. The van der Waals surface area contributed by atoms with E-state index in [2.05, 4.69) is 5.32 Å². The number of halogens is 1. The number of ketones is 1. The van der Waals surface area contributed by atoms with Crippen LogP contribution in [-0.4, -0.2) is 10.9 Å². The average Bonchev–Trinajstić information content (AvgIpc) is 2.34. The van der Waals surface area contributed by atoms with Gasteiger partial charge in [0.15, 0.2) is 5.78 Å². The number of para-hydroxylation sites is 1. The third-order valence-electron chi connectivity index (χ3n) is 2.53. The zero-order valence-corrected chi connectivity index (χ0v) is 10.5. The molecule has 0 saturated carbocycles. The van der Waals surface area contributed by atoms with Gasteiger partial charge in [0.05, 0.1) is 5.02 Å². The summed E-state index contributed by atoms with van der Waals surface area (Å²) < 4.78 is 0. The van der Waals surface area contributed by atoms with Gasteiger partial charge in [0.2, 0.25) is 0 Å². The lowest BCUT2D eigenvalue weighted by molar-refractivity contribution is 0.101. The van der Waals surface area contributed by atoms with Crippen LogP contribution >= 0.6 is 11.6 Å². The molecular weight excluding hydrogens is 250 g/mol. The van der Waals surface area contributed by atoms with Gasteiger partial charge < -0.3 is 10.4 Å². The van der Waals surface area contributed by atoms with E-state index in [1.54, 1.807) is 18.2 Å². The van der Waals surface area contributed by atoms with Gasteiger partial charge in [-0.25, -0.2) is 0 Å². The number of benzene rings is 2. The Morgan fingerprint density at radius 1 is 1.22 bits per heavy atom. The molecule has 18 heavy (non-hydrogen) atoms. The molecule has 0 aromatic heterocycles. The second-order valence-electron chi connectivity index (χ2n) is 3.89. The summed E-state index contributed by atoms with van der Waals surface area (Å²) in [6.45, 7) is 1.52. The van der Waals surface area contributed by atoms with Crippen LogP contribution in [0.3, 0.4) is 0 Å². The molecule has 3 nitrogen and oxygen atoms in total. The van der Waals surface area contributed by atoms with Crippen LogP contribution in [-0.2, 0) is 0 Å². The van der Waals surface area contributed by atoms with Gasteiger partial charge in [0, 0.05) is 16.9 Å². The van der Waals surface area contributed by atoms with E-state index in [1.165, 1.54) is 13.0 Å². The second-order valence-corrected chi connectivity index (χ2v) is 4.30. The van der Waals surface area contributed by atoms with Crippen LogP contribution in [0.4, 0.5) is 11.4 Å². The first kappa shape index (κ1) is 12.5. The topological polar surface area (TPSA) is 49.3 Å². The number of anilines is 2. The first-order valence-corrected chi connectivity index (χ1v) is 5.81. The molecule has 0 unspecified atom stereocenters. The standard InChI is InChI=1S/C14H12ClNO2/c1-9(17)11-4-2-3-5-13(11)16-10-6-7-14(18)12(15)8-10/h2-8,16,18H,1H3. The molecule has 0 atom stereocenters.